The van der Waals surface area contributed by atoms with Gasteiger partial charge in [0.2, 0.25) is 12.7 Å². The maximum absolute atomic E-state index is 11.9. The Morgan fingerprint density at radius 2 is 1.74 bits per heavy atom. The van der Waals surface area contributed by atoms with E-state index in [1.165, 1.54) is 0 Å². The Morgan fingerprint density at radius 3 is 2.46 bits per heavy atom. The van der Waals surface area contributed by atoms with Crippen LogP contribution in [0.1, 0.15) is 36.6 Å². The van der Waals surface area contributed by atoms with Crippen molar-refractivity contribution in [3.8, 4) is 11.8 Å². The number of anilines is 1. The molecule has 0 bridgehead atoms. The molecule has 2 aromatic heterocycles. The first-order valence-electron chi connectivity index (χ1n) is 10.9. The minimum absolute atomic E-state index is 0.312. The van der Waals surface area contributed by atoms with Crippen LogP contribution in [-0.4, -0.2) is 34.0 Å². The molecule has 176 valence electrons. The fourth-order valence-electron chi connectivity index (χ4n) is 3.47. The Balaban J connectivity index is 1.75. The molecule has 1 atom stereocenters. The predicted molar refractivity (Wildman–Crippen MR) is 129 cm³/mol. The van der Waals surface area contributed by atoms with E-state index in [1.54, 1.807) is 50.6 Å². The van der Waals surface area contributed by atoms with Gasteiger partial charge in [-0.25, -0.2) is 14.8 Å². The van der Waals surface area contributed by atoms with E-state index in [4.69, 9.17) is 14.2 Å². The molecule has 2 aromatic carbocycles. The number of nitriles is 1. The van der Waals surface area contributed by atoms with Gasteiger partial charge in [0, 0.05) is 29.5 Å². The first-order chi connectivity index (χ1) is 17.0. The van der Waals surface area contributed by atoms with Crippen molar-refractivity contribution in [3.63, 3.8) is 0 Å². The van der Waals surface area contributed by atoms with Gasteiger partial charge in [-0.05, 0) is 43.7 Å². The molecule has 0 spiro atoms. The van der Waals surface area contributed by atoms with Crippen molar-refractivity contribution < 1.29 is 19.0 Å². The van der Waals surface area contributed by atoms with Crippen LogP contribution in [0.4, 0.5) is 10.7 Å². The molecule has 0 fully saturated rings. The Kier molecular flexibility index (Phi) is 7.33. The summed E-state index contributed by atoms with van der Waals surface area (Å²) in [7, 11) is 0. The van der Waals surface area contributed by atoms with Crippen molar-refractivity contribution in [2.75, 3.05) is 12.1 Å². The number of benzene rings is 2. The number of hydrogen-bond donors (Lipinski definition) is 1. The third-order valence-electron chi connectivity index (χ3n) is 4.99. The zero-order valence-corrected chi connectivity index (χ0v) is 19.2. The minimum Gasteiger partial charge on any atom is -0.455 e. The molecular formula is C26H23N5O4. The highest BCUT2D eigenvalue weighted by Gasteiger charge is 2.23. The third kappa shape index (κ3) is 5.81. The SMILES string of the molecule is CC(C)OC(=O)OCOc1c(C(Nc2ncccn2)c2ccc(C#N)cc2)ccc2cccnc12. The number of nitrogens with one attached hydrogen (secondary N) is 1. The van der Waals surface area contributed by atoms with Gasteiger partial charge in [0.05, 0.1) is 23.8 Å². The van der Waals surface area contributed by atoms with Crippen molar-refractivity contribution >= 4 is 23.0 Å². The molecule has 4 rings (SSSR count). The van der Waals surface area contributed by atoms with Gasteiger partial charge < -0.3 is 19.5 Å². The third-order valence-corrected chi connectivity index (χ3v) is 4.99. The predicted octanol–water partition coefficient (Wildman–Crippen LogP) is 5.00. The van der Waals surface area contributed by atoms with E-state index >= 15 is 0 Å². The van der Waals surface area contributed by atoms with Crippen LogP contribution in [0.5, 0.6) is 5.75 Å². The first kappa shape index (κ1) is 23.4. The molecule has 0 aliphatic rings. The molecule has 0 saturated carbocycles. The summed E-state index contributed by atoms with van der Waals surface area (Å²) in [6, 6.07) is 18.1. The average molecular weight is 470 g/mol. The molecule has 9 heteroatoms. The molecule has 0 aliphatic carbocycles. The number of carbonyl (C=O) groups is 1. The van der Waals surface area contributed by atoms with Crippen LogP contribution in [0.15, 0.2) is 73.2 Å². The smallest absolute Gasteiger partial charge is 0.455 e. The molecule has 0 amide bonds. The number of fused-ring (bicyclic) bond motifs is 1. The van der Waals surface area contributed by atoms with Crippen LogP contribution in [-0.2, 0) is 9.47 Å². The molecule has 0 radical (unpaired) electrons. The fraction of sp³-hybridized carbons (Fsp3) is 0.192. The van der Waals surface area contributed by atoms with Crippen molar-refractivity contribution in [3.05, 3.63) is 89.9 Å². The highest BCUT2D eigenvalue weighted by Crippen LogP contribution is 2.37. The van der Waals surface area contributed by atoms with Crippen LogP contribution in [0.25, 0.3) is 10.9 Å². The summed E-state index contributed by atoms with van der Waals surface area (Å²) < 4.78 is 16.1. The van der Waals surface area contributed by atoms with E-state index < -0.39 is 12.2 Å². The molecule has 0 saturated heterocycles. The lowest BCUT2D eigenvalue weighted by molar-refractivity contribution is -0.00807. The molecule has 35 heavy (non-hydrogen) atoms. The molecular weight excluding hydrogens is 446 g/mol. The van der Waals surface area contributed by atoms with E-state index in [0.717, 1.165) is 10.9 Å². The quantitative estimate of drug-likeness (QED) is 0.281. The second kappa shape index (κ2) is 10.9. The van der Waals surface area contributed by atoms with Crippen LogP contribution < -0.4 is 10.1 Å². The van der Waals surface area contributed by atoms with Gasteiger partial charge in [-0.3, -0.25) is 4.98 Å². The largest absolute Gasteiger partial charge is 0.511 e. The summed E-state index contributed by atoms with van der Waals surface area (Å²) in [5, 5.41) is 13.4. The van der Waals surface area contributed by atoms with E-state index in [2.05, 4.69) is 26.3 Å². The van der Waals surface area contributed by atoms with Gasteiger partial charge in [0.15, 0.2) is 5.75 Å². The molecule has 0 aliphatic heterocycles. The lowest BCUT2D eigenvalue weighted by Crippen LogP contribution is -2.18. The maximum atomic E-state index is 11.9. The fourth-order valence-corrected chi connectivity index (χ4v) is 3.47. The summed E-state index contributed by atoms with van der Waals surface area (Å²) >= 11 is 0. The Morgan fingerprint density at radius 1 is 1.00 bits per heavy atom. The first-order valence-corrected chi connectivity index (χ1v) is 10.9. The van der Waals surface area contributed by atoms with Crippen molar-refractivity contribution in [1.82, 2.24) is 15.0 Å². The standard InChI is InChI=1S/C26H23N5O4/c1-17(2)35-26(32)34-16-33-24-21(11-10-19-5-3-12-28-23(19)24)22(31-25-29-13-4-14-30-25)20-8-6-18(15-27)7-9-20/h3-14,17,22H,16H2,1-2H3,(H,29,30,31). The minimum atomic E-state index is -0.825. The zero-order valence-electron chi connectivity index (χ0n) is 19.2. The number of pyridine rings is 1. The average Bonchev–Trinajstić information content (AvgIpc) is 2.88. The lowest BCUT2D eigenvalue weighted by atomic mass is 9.95. The van der Waals surface area contributed by atoms with Gasteiger partial charge in [0.25, 0.3) is 0 Å². The monoisotopic (exact) mass is 469 g/mol. The second-order valence-electron chi connectivity index (χ2n) is 7.77. The summed E-state index contributed by atoms with van der Waals surface area (Å²) in [6.07, 6.45) is 3.80. The molecule has 2 heterocycles. The summed E-state index contributed by atoms with van der Waals surface area (Å²) in [4.78, 5) is 24.9. The highest BCUT2D eigenvalue weighted by atomic mass is 16.8. The topological polar surface area (TPSA) is 119 Å². The van der Waals surface area contributed by atoms with Gasteiger partial charge >= 0.3 is 6.16 Å². The maximum Gasteiger partial charge on any atom is 0.511 e. The van der Waals surface area contributed by atoms with Gasteiger partial charge in [-0.2, -0.15) is 5.26 Å². The van der Waals surface area contributed by atoms with Crippen molar-refractivity contribution in [2.24, 2.45) is 0 Å². The van der Waals surface area contributed by atoms with Crippen LogP contribution >= 0.6 is 0 Å². The molecule has 9 nitrogen and oxygen atoms in total. The summed E-state index contributed by atoms with van der Waals surface area (Å²) in [5.74, 6) is 0.837. The van der Waals surface area contributed by atoms with E-state index in [9.17, 15) is 10.1 Å². The van der Waals surface area contributed by atoms with Gasteiger partial charge in [0.1, 0.15) is 5.52 Å². The van der Waals surface area contributed by atoms with Crippen molar-refractivity contribution in [2.45, 2.75) is 26.0 Å². The number of ether oxygens (including phenoxy) is 3. The zero-order chi connectivity index (χ0) is 24.6. The molecule has 1 N–H and O–H groups in total. The van der Waals surface area contributed by atoms with E-state index in [1.807, 2.05) is 36.4 Å². The van der Waals surface area contributed by atoms with Crippen molar-refractivity contribution in [1.29, 1.82) is 5.26 Å². The van der Waals surface area contributed by atoms with Gasteiger partial charge in [-0.1, -0.05) is 30.3 Å². The summed E-state index contributed by atoms with van der Waals surface area (Å²) in [5.41, 5.74) is 2.70. The normalized spacial score (nSPS) is 11.5. The van der Waals surface area contributed by atoms with Crippen LogP contribution in [0.3, 0.4) is 0 Å². The Hall–Kier alpha value is -4.71. The van der Waals surface area contributed by atoms with Crippen LogP contribution in [0, 0.1) is 11.3 Å². The highest BCUT2D eigenvalue weighted by molar-refractivity contribution is 5.86. The number of hydrogen-bond acceptors (Lipinski definition) is 9. The lowest BCUT2D eigenvalue weighted by Gasteiger charge is -2.23. The number of rotatable bonds is 8. The van der Waals surface area contributed by atoms with E-state index in [0.29, 0.717) is 28.3 Å². The Labute approximate surface area is 202 Å². The Bertz CT molecular complexity index is 1340. The van der Waals surface area contributed by atoms with Gasteiger partial charge in [-0.15, -0.1) is 0 Å². The summed E-state index contributed by atoms with van der Waals surface area (Å²) in [6.45, 7) is 3.10. The van der Waals surface area contributed by atoms with E-state index in [-0.39, 0.29) is 12.9 Å². The number of nitrogens with zero attached hydrogens (tertiary/aromatic N) is 4. The molecule has 4 aromatic rings. The number of carbonyl (C=O) groups excluding carboxylic acids is 1. The van der Waals surface area contributed by atoms with Crippen LogP contribution in [0.2, 0.25) is 0 Å². The number of aromatic nitrogens is 3. The second-order valence-corrected chi connectivity index (χ2v) is 7.77. The molecule has 1 unspecified atom stereocenters.